The fraction of sp³-hybridized carbons (Fsp3) is 0.647. The van der Waals surface area contributed by atoms with Gasteiger partial charge in [0.05, 0.1) is 12.2 Å². The zero-order valence-electron chi connectivity index (χ0n) is 13.1. The van der Waals surface area contributed by atoms with Gasteiger partial charge in [0.1, 0.15) is 0 Å². The third-order valence-corrected chi connectivity index (χ3v) is 4.88. The first-order valence-corrected chi connectivity index (χ1v) is 7.76. The zero-order valence-corrected chi connectivity index (χ0v) is 13.1. The number of hydrogen-bond acceptors (Lipinski definition) is 3. The van der Waals surface area contributed by atoms with Crippen molar-refractivity contribution in [1.29, 1.82) is 0 Å². The lowest BCUT2D eigenvalue weighted by Gasteiger charge is -2.28. The van der Waals surface area contributed by atoms with Crippen molar-refractivity contribution in [3.05, 3.63) is 35.4 Å². The van der Waals surface area contributed by atoms with Gasteiger partial charge in [0, 0.05) is 12.0 Å². The summed E-state index contributed by atoms with van der Waals surface area (Å²) in [7, 11) is 0. The maximum Gasteiger partial charge on any atom is 0.0597 e. The largest absolute Gasteiger partial charge is 0.375 e. The summed E-state index contributed by atoms with van der Waals surface area (Å²) in [6.45, 7) is 8.77. The molecule has 3 nitrogen and oxygen atoms in total. The van der Waals surface area contributed by atoms with Crippen molar-refractivity contribution >= 4 is 0 Å². The molecular formula is C17H28N2O. The number of ether oxygens (including phenoxy) is 1. The molecule has 0 amide bonds. The average molecular weight is 276 g/mol. The molecule has 5 unspecified atom stereocenters. The van der Waals surface area contributed by atoms with Gasteiger partial charge in [-0.1, -0.05) is 38.1 Å². The second kappa shape index (κ2) is 6.70. The second-order valence-electron chi connectivity index (χ2n) is 6.13. The van der Waals surface area contributed by atoms with Gasteiger partial charge in [-0.05, 0) is 43.7 Å². The van der Waals surface area contributed by atoms with Gasteiger partial charge >= 0.3 is 0 Å². The van der Waals surface area contributed by atoms with Crippen molar-refractivity contribution in [2.75, 3.05) is 0 Å². The first-order chi connectivity index (χ1) is 9.56. The van der Waals surface area contributed by atoms with E-state index in [4.69, 9.17) is 10.6 Å². The van der Waals surface area contributed by atoms with E-state index in [9.17, 15) is 0 Å². The number of aryl methyl sites for hydroxylation is 1. The number of benzene rings is 1. The Kier molecular flexibility index (Phi) is 5.19. The third-order valence-electron chi connectivity index (χ3n) is 4.88. The maximum atomic E-state index is 5.95. The predicted molar refractivity (Wildman–Crippen MR) is 83.3 cm³/mol. The Morgan fingerprint density at radius 1 is 1.10 bits per heavy atom. The van der Waals surface area contributed by atoms with E-state index in [0.29, 0.717) is 17.9 Å². The molecule has 112 valence electrons. The molecule has 0 aliphatic carbocycles. The topological polar surface area (TPSA) is 47.3 Å². The first-order valence-electron chi connectivity index (χ1n) is 7.76. The molecule has 3 N–H and O–H groups in total. The summed E-state index contributed by atoms with van der Waals surface area (Å²) in [4.78, 5) is 0. The highest BCUT2D eigenvalue weighted by Crippen LogP contribution is 2.35. The maximum absolute atomic E-state index is 5.95. The highest BCUT2D eigenvalue weighted by atomic mass is 16.5. The minimum Gasteiger partial charge on any atom is -0.375 e. The van der Waals surface area contributed by atoms with Crippen LogP contribution in [0.2, 0.25) is 0 Å². The van der Waals surface area contributed by atoms with Gasteiger partial charge < -0.3 is 4.74 Å². The zero-order chi connectivity index (χ0) is 14.7. The van der Waals surface area contributed by atoms with Crippen molar-refractivity contribution in [3.63, 3.8) is 0 Å². The van der Waals surface area contributed by atoms with E-state index in [0.717, 1.165) is 12.8 Å². The Morgan fingerprint density at radius 3 is 2.15 bits per heavy atom. The first kappa shape index (κ1) is 15.5. The quantitative estimate of drug-likeness (QED) is 0.642. The van der Waals surface area contributed by atoms with Gasteiger partial charge in [0.2, 0.25) is 0 Å². The van der Waals surface area contributed by atoms with Gasteiger partial charge in [-0.3, -0.25) is 11.3 Å². The lowest BCUT2D eigenvalue weighted by molar-refractivity contribution is 0.0476. The molecule has 0 radical (unpaired) electrons. The molecule has 0 bridgehead atoms. The van der Waals surface area contributed by atoms with Crippen molar-refractivity contribution in [1.82, 2.24) is 5.43 Å². The van der Waals surface area contributed by atoms with Crippen LogP contribution in [0.1, 0.15) is 38.8 Å². The van der Waals surface area contributed by atoms with Crippen LogP contribution < -0.4 is 11.3 Å². The van der Waals surface area contributed by atoms with Crippen LogP contribution in [0.4, 0.5) is 0 Å². The third kappa shape index (κ3) is 3.22. The molecular weight excluding hydrogens is 248 g/mol. The summed E-state index contributed by atoms with van der Waals surface area (Å²) in [5.41, 5.74) is 5.74. The average Bonchev–Trinajstić information content (AvgIpc) is 2.71. The Bertz CT molecular complexity index is 418. The molecule has 3 heteroatoms. The van der Waals surface area contributed by atoms with Gasteiger partial charge in [-0.15, -0.1) is 0 Å². The number of nitrogens with two attached hydrogens (primary N) is 1. The fourth-order valence-electron chi connectivity index (χ4n) is 3.46. The molecule has 0 saturated carbocycles. The molecule has 1 fully saturated rings. The number of nitrogens with one attached hydrogen (secondary N) is 1. The van der Waals surface area contributed by atoms with Crippen LogP contribution in [0.3, 0.4) is 0 Å². The van der Waals surface area contributed by atoms with Crippen LogP contribution in [0, 0.1) is 11.8 Å². The molecule has 1 aromatic carbocycles. The van der Waals surface area contributed by atoms with E-state index in [1.54, 1.807) is 0 Å². The predicted octanol–water partition coefficient (Wildman–Crippen LogP) is 2.68. The van der Waals surface area contributed by atoms with Gasteiger partial charge in [0.25, 0.3) is 0 Å². The molecule has 0 spiro atoms. The molecule has 1 aromatic rings. The normalized spacial score (nSPS) is 31.4. The lowest BCUT2D eigenvalue weighted by atomic mass is 9.81. The van der Waals surface area contributed by atoms with Crippen LogP contribution in [0.15, 0.2) is 24.3 Å². The number of hydrazine groups is 1. The monoisotopic (exact) mass is 276 g/mol. The van der Waals surface area contributed by atoms with E-state index in [2.05, 4.69) is 57.4 Å². The van der Waals surface area contributed by atoms with Gasteiger partial charge in [0.15, 0.2) is 0 Å². The molecule has 2 rings (SSSR count). The van der Waals surface area contributed by atoms with Crippen LogP contribution in [0.25, 0.3) is 0 Å². The van der Waals surface area contributed by atoms with Crippen molar-refractivity contribution in [2.24, 2.45) is 17.7 Å². The van der Waals surface area contributed by atoms with Gasteiger partial charge in [-0.25, -0.2) is 0 Å². The Labute approximate surface area is 122 Å². The van der Waals surface area contributed by atoms with Crippen molar-refractivity contribution in [2.45, 2.75) is 58.8 Å². The van der Waals surface area contributed by atoms with Crippen LogP contribution in [0.5, 0.6) is 0 Å². The lowest BCUT2D eigenvalue weighted by Crippen LogP contribution is -2.46. The molecule has 1 saturated heterocycles. The van der Waals surface area contributed by atoms with E-state index in [-0.39, 0.29) is 12.1 Å². The van der Waals surface area contributed by atoms with Gasteiger partial charge in [-0.2, -0.15) is 0 Å². The van der Waals surface area contributed by atoms with E-state index in [1.165, 1.54) is 11.1 Å². The summed E-state index contributed by atoms with van der Waals surface area (Å²) in [6.07, 6.45) is 2.61. The second-order valence-corrected chi connectivity index (χ2v) is 6.13. The van der Waals surface area contributed by atoms with E-state index in [1.807, 2.05) is 0 Å². The van der Waals surface area contributed by atoms with Crippen LogP contribution >= 0.6 is 0 Å². The minimum atomic E-state index is 0.260. The van der Waals surface area contributed by atoms with Crippen LogP contribution in [-0.2, 0) is 17.6 Å². The molecule has 1 heterocycles. The molecule has 0 aromatic heterocycles. The summed E-state index contributed by atoms with van der Waals surface area (Å²) in [5, 5.41) is 0. The Balaban J connectivity index is 2.08. The fourth-order valence-corrected chi connectivity index (χ4v) is 3.46. The number of hydrogen-bond donors (Lipinski definition) is 2. The smallest absolute Gasteiger partial charge is 0.0597 e. The van der Waals surface area contributed by atoms with Crippen molar-refractivity contribution in [3.8, 4) is 0 Å². The molecule has 5 atom stereocenters. The summed E-state index contributed by atoms with van der Waals surface area (Å²) >= 11 is 0. The molecule has 20 heavy (non-hydrogen) atoms. The van der Waals surface area contributed by atoms with E-state index >= 15 is 0 Å². The Hall–Kier alpha value is -0.900. The van der Waals surface area contributed by atoms with E-state index < -0.39 is 0 Å². The SMILES string of the molecule is CCc1ccc(CC(NN)C2C(C)OC(C)C2C)cc1. The standard InChI is InChI=1S/C17H28N2O/c1-5-14-6-8-15(9-7-14)10-16(19-18)17-11(2)12(3)20-13(17)4/h6-9,11-13,16-17,19H,5,10,18H2,1-4H3. The summed E-state index contributed by atoms with van der Waals surface area (Å²) in [6, 6.07) is 9.13. The molecule has 1 aliphatic rings. The van der Waals surface area contributed by atoms with Crippen molar-refractivity contribution < 1.29 is 4.74 Å². The summed E-state index contributed by atoms with van der Waals surface area (Å²) in [5.74, 6) is 6.81. The van der Waals surface area contributed by atoms with Crippen LogP contribution in [-0.4, -0.2) is 18.2 Å². The summed E-state index contributed by atoms with van der Waals surface area (Å²) < 4.78 is 5.95. The number of rotatable bonds is 5. The molecule has 1 aliphatic heterocycles. The highest BCUT2D eigenvalue weighted by Gasteiger charge is 2.41. The Morgan fingerprint density at radius 2 is 1.70 bits per heavy atom. The minimum absolute atomic E-state index is 0.260. The highest BCUT2D eigenvalue weighted by molar-refractivity contribution is 5.23.